The Labute approximate surface area is 266 Å². The summed E-state index contributed by atoms with van der Waals surface area (Å²) >= 11 is 0. The van der Waals surface area contributed by atoms with Crippen molar-refractivity contribution >= 4 is 17.9 Å². The highest BCUT2D eigenvalue weighted by atomic mass is 16.6. The Bertz CT molecular complexity index is 1500. The molecule has 0 aliphatic carbocycles. The van der Waals surface area contributed by atoms with Crippen molar-refractivity contribution < 1.29 is 38.1 Å². The fourth-order valence-electron chi connectivity index (χ4n) is 5.15. The average molecular weight is 617 g/mol. The molecule has 3 rings (SSSR count). The Morgan fingerprint density at radius 2 is 1.18 bits per heavy atom. The first kappa shape index (κ1) is 34.9. The normalized spacial score (nSPS) is 11.7. The fourth-order valence-corrected chi connectivity index (χ4v) is 5.15. The van der Waals surface area contributed by atoms with E-state index in [9.17, 15) is 14.4 Å². The van der Waals surface area contributed by atoms with Gasteiger partial charge >= 0.3 is 17.9 Å². The summed E-state index contributed by atoms with van der Waals surface area (Å²) in [6.45, 7) is 18.8. The van der Waals surface area contributed by atoms with Crippen molar-refractivity contribution in [1.82, 2.24) is 0 Å². The van der Waals surface area contributed by atoms with Crippen LogP contribution in [0.2, 0.25) is 0 Å². The molecule has 0 bridgehead atoms. The molecule has 0 aliphatic rings. The van der Waals surface area contributed by atoms with Crippen LogP contribution in [0.25, 0.3) is 0 Å². The Morgan fingerprint density at radius 3 is 1.67 bits per heavy atom. The van der Waals surface area contributed by atoms with Gasteiger partial charge in [0.15, 0.2) is 0 Å². The van der Waals surface area contributed by atoms with Gasteiger partial charge in [-0.25, -0.2) is 14.4 Å². The van der Waals surface area contributed by atoms with Crippen LogP contribution in [0, 0.1) is 6.92 Å². The van der Waals surface area contributed by atoms with Gasteiger partial charge in [0.25, 0.3) is 0 Å². The summed E-state index contributed by atoms with van der Waals surface area (Å²) in [6, 6.07) is 18.2. The minimum absolute atomic E-state index is 0.294. The smallest absolute Gasteiger partial charge is 0.343 e. The number of carbonyl (C=O) groups excluding carboxylic acids is 3. The van der Waals surface area contributed by atoms with Crippen molar-refractivity contribution in [3.8, 4) is 23.0 Å². The Kier molecular flexibility index (Phi) is 11.2. The maximum atomic E-state index is 12.9. The third-order valence-corrected chi connectivity index (χ3v) is 6.77. The lowest BCUT2D eigenvalue weighted by Gasteiger charge is -2.34. The van der Waals surface area contributed by atoms with Gasteiger partial charge in [0.2, 0.25) is 0 Å². The molecular formula is C37H44O8. The molecule has 0 aliphatic heterocycles. The summed E-state index contributed by atoms with van der Waals surface area (Å²) in [5.41, 5.74) is -0.385. The zero-order chi connectivity index (χ0) is 33.4. The quantitative estimate of drug-likeness (QED) is 0.101. The van der Waals surface area contributed by atoms with Crippen molar-refractivity contribution in [3.63, 3.8) is 0 Å². The second kappa shape index (κ2) is 14.5. The topological polar surface area (TPSA) is 97.4 Å². The third-order valence-electron chi connectivity index (χ3n) is 6.77. The van der Waals surface area contributed by atoms with Gasteiger partial charge in [0, 0.05) is 12.5 Å². The van der Waals surface area contributed by atoms with Crippen LogP contribution in [0.4, 0.5) is 0 Å². The molecule has 0 saturated carbocycles. The number of carbonyl (C=O) groups is 3. The lowest BCUT2D eigenvalue weighted by atomic mass is 9.92. The molecular weight excluding hydrogens is 572 g/mol. The van der Waals surface area contributed by atoms with Crippen LogP contribution < -0.4 is 18.9 Å². The molecule has 8 nitrogen and oxygen atoms in total. The number of hydrogen-bond acceptors (Lipinski definition) is 8. The molecule has 0 saturated heterocycles. The molecule has 3 aromatic carbocycles. The second-order valence-electron chi connectivity index (χ2n) is 12.8. The van der Waals surface area contributed by atoms with Crippen LogP contribution in [-0.4, -0.2) is 34.7 Å². The highest BCUT2D eigenvalue weighted by molar-refractivity contribution is 5.92. The summed E-state index contributed by atoms with van der Waals surface area (Å²) in [4.78, 5) is 37.2. The second-order valence-corrected chi connectivity index (χ2v) is 12.8. The van der Waals surface area contributed by atoms with Crippen molar-refractivity contribution in [1.29, 1.82) is 0 Å². The van der Waals surface area contributed by atoms with E-state index in [0.29, 0.717) is 46.1 Å². The monoisotopic (exact) mass is 616 g/mol. The van der Waals surface area contributed by atoms with E-state index < -0.39 is 29.1 Å². The molecule has 0 aromatic heterocycles. The zero-order valence-electron chi connectivity index (χ0n) is 27.5. The SMILES string of the molecule is C=CC(=O)OC(C)(C)CC(C)(C)Oc1ccc(C(=O)Oc2ccc(OC(=O)c3ccc(OC(C)(C)CCC)cc3)cc2C)cc1. The van der Waals surface area contributed by atoms with Crippen LogP contribution in [-0.2, 0) is 9.53 Å². The summed E-state index contributed by atoms with van der Waals surface area (Å²) in [6.07, 6.45) is 3.48. The molecule has 0 amide bonds. The van der Waals surface area contributed by atoms with E-state index in [-0.39, 0.29) is 5.60 Å². The van der Waals surface area contributed by atoms with Crippen molar-refractivity contribution in [3.05, 3.63) is 96.1 Å². The van der Waals surface area contributed by atoms with Gasteiger partial charge in [0.1, 0.15) is 39.8 Å². The van der Waals surface area contributed by atoms with Crippen LogP contribution in [0.3, 0.4) is 0 Å². The molecule has 8 heteroatoms. The third kappa shape index (κ3) is 10.8. The summed E-state index contributed by atoms with van der Waals surface area (Å²) < 4.78 is 28.7. The first-order valence-electron chi connectivity index (χ1n) is 15.0. The zero-order valence-corrected chi connectivity index (χ0v) is 27.5. The molecule has 0 unspecified atom stereocenters. The molecule has 0 atom stereocenters. The minimum atomic E-state index is -0.767. The van der Waals surface area contributed by atoms with Gasteiger partial charge in [-0.2, -0.15) is 0 Å². The number of esters is 3. The lowest BCUT2D eigenvalue weighted by molar-refractivity contribution is -0.154. The van der Waals surface area contributed by atoms with Gasteiger partial charge in [-0.15, -0.1) is 0 Å². The first-order chi connectivity index (χ1) is 21.0. The van der Waals surface area contributed by atoms with E-state index in [0.717, 1.165) is 18.9 Å². The summed E-state index contributed by atoms with van der Waals surface area (Å²) in [5, 5.41) is 0. The van der Waals surface area contributed by atoms with Crippen LogP contribution in [0.1, 0.15) is 94.0 Å². The predicted octanol–water partition coefficient (Wildman–Crippen LogP) is 8.45. The highest BCUT2D eigenvalue weighted by Gasteiger charge is 2.33. The highest BCUT2D eigenvalue weighted by Crippen LogP contribution is 2.30. The summed E-state index contributed by atoms with van der Waals surface area (Å²) in [7, 11) is 0. The van der Waals surface area contributed by atoms with E-state index in [4.69, 9.17) is 23.7 Å². The molecule has 240 valence electrons. The molecule has 3 aromatic rings. The van der Waals surface area contributed by atoms with E-state index in [1.165, 1.54) is 0 Å². The fraction of sp³-hybridized carbons (Fsp3) is 0.378. The predicted molar refractivity (Wildman–Crippen MR) is 173 cm³/mol. The maximum Gasteiger partial charge on any atom is 0.343 e. The van der Waals surface area contributed by atoms with E-state index >= 15 is 0 Å². The first-order valence-corrected chi connectivity index (χ1v) is 15.0. The van der Waals surface area contributed by atoms with Crippen LogP contribution >= 0.6 is 0 Å². The van der Waals surface area contributed by atoms with Crippen molar-refractivity contribution in [2.45, 2.75) is 91.5 Å². The molecule has 0 heterocycles. The Morgan fingerprint density at radius 1 is 0.689 bits per heavy atom. The summed E-state index contributed by atoms with van der Waals surface area (Å²) in [5.74, 6) is 0.351. The largest absolute Gasteiger partial charge is 0.488 e. The lowest BCUT2D eigenvalue weighted by Crippen LogP contribution is -2.40. The van der Waals surface area contributed by atoms with Crippen molar-refractivity contribution in [2.75, 3.05) is 0 Å². The van der Waals surface area contributed by atoms with Crippen LogP contribution in [0.15, 0.2) is 79.4 Å². The van der Waals surface area contributed by atoms with Gasteiger partial charge < -0.3 is 23.7 Å². The van der Waals surface area contributed by atoms with E-state index in [1.54, 1.807) is 87.5 Å². The number of aryl methyl sites for hydroxylation is 1. The number of hydrogen-bond donors (Lipinski definition) is 0. The minimum Gasteiger partial charge on any atom is -0.488 e. The number of benzene rings is 3. The number of ether oxygens (including phenoxy) is 5. The standard InChI is InChI=1S/C37H44O8/c1-10-22-35(4,5)43-28-16-12-26(13-17-28)33(39)41-30-20-21-31(25(3)23-30)42-34(40)27-14-18-29(19-15-27)44-36(6,7)24-37(8,9)45-32(38)11-2/h11-21,23H,2,10,22,24H2,1,3-9H3. The molecule has 0 N–H and O–H groups in total. The van der Waals surface area contributed by atoms with Gasteiger partial charge in [-0.1, -0.05) is 19.9 Å². The molecule has 0 spiro atoms. The average Bonchev–Trinajstić information content (AvgIpc) is 2.93. The Hall–Kier alpha value is -4.59. The molecule has 45 heavy (non-hydrogen) atoms. The van der Waals surface area contributed by atoms with Gasteiger partial charge in [-0.05, 0) is 127 Å². The van der Waals surface area contributed by atoms with Crippen molar-refractivity contribution in [2.24, 2.45) is 0 Å². The van der Waals surface area contributed by atoms with Crippen LogP contribution in [0.5, 0.6) is 23.0 Å². The van der Waals surface area contributed by atoms with E-state index in [1.807, 2.05) is 27.7 Å². The van der Waals surface area contributed by atoms with E-state index in [2.05, 4.69) is 13.5 Å². The molecule has 0 radical (unpaired) electrons. The maximum absolute atomic E-state index is 12.9. The Balaban J connectivity index is 1.58. The molecule has 0 fully saturated rings. The van der Waals surface area contributed by atoms with Gasteiger partial charge in [0.05, 0.1) is 11.1 Å². The number of rotatable bonds is 14. The van der Waals surface area contributed by atoms with Gasteiger partial charge in [-0.3, -0.25) is 0 Å².